The minimum absolute atomic E-state index is 0.0366. The predicted octanol–water partition coefficient (Wildman–Crippen LogP) is 3.71. The number of hydrogen-bond acceptors (Lipinski definition) is 4. The van der Waals surface area contributed by atoms with E-state index in [9.17, 15) is 9.90 Å². The number of carbonyl (C=O) groups excluding carboxylic acids is 1. The van der Waals surface area contributed by atoms with Gasteiger partial charge in [-0.1, -0.05) is 36.4 Å². The van der Waals surface area contributed by atoms with Crippen molar-refractivity contribution in [3.8, 4) is 0 Å². The average molecular weight is 366 g/mol. The molecule has 2 aliphatic rings. The SMILES string of the molecule is O=C(OCc1ccccc1)N1C2CCCC1CC(O)(Cc1ccccn1)C2. The molecule has 0 radical (unpaired) electrons. The van der Waals surface area contributed by atoms with Gasteiger partial charge in [-0.3, -0.25) is 4.98 Å². The minimum atomic E-state index is -0.805. The van der Waals surface area contributed by atoms with Crippen molar-refractivity contribution in [2.45, 2.75) is 62.8 Å². The number of rotatable bonds is 4. The summed E-state index contributed by atoms with van der Waals surface area (Å²) in [6, 6.07) is 15.6. The minimum Gasteiger partial charge on any atom is -0.445 e. The van der Waals surface area contributed by atoms with Gasteiger partial charge in [-0.25, -0.2) is 4.79 Å². The molecule has 0 saturated carbocycles. The molecular formula is C22H26N2O3. The molecule has 4 rings (SSSR count). The van der Waals surface area contributed by atoms with E-state index in [1.165, 1.54) is 0 Å². The maximum atomic E-state index is 12.8. The van der Waals surface area contributed by atoms with Crippen molar-refractivity contribution in [1.29, 1.82) is 0 Å². The van der Waals surface area contributed by atoms with Gasteiger partial charge >= 0.3 is 6.09 Å². The largest absolute Gasteiger partial charge is 0.445 e. The van der Waals surface area contributed by atoms with Gasteiger partial charge in [0.1, 0.15) is 6.61 Å². The van der Waals surface area contributed by atoms with Crippen molar-refractivity contribution in [3.05, 3.63) is 66.0 Å². The molecule has 2 fully saturated rings. The number of piperidine rings is 2. The van der Waals surface area contributed by atoms with Crippen LogP contribution in [0.3, 0.4) is 0 Å². The highest BCUT2D eigenvalue weighted by Gasteiger charge is 2.48. The Morgan fingerprint density at radius 3 is 2.48 bits per heavy atom. The zero-order valence-electron chi connectivity index (χ0n) is 15.5. The van der Waals surface area contributed by atoms with E-state index < -0.39 is 5.60 Å². The van der Waals surface area contributed by atoms with Gasteiger partial charge in [-0.2, -0.15) is 0 Å². The molecule has 1 amide bonds. The molecule has 2 unspecified atom stereocenters. The van der Waals surface area contributed by atoms with Crippen molar-refractivity contribution < 1.29 is 14.6 Å². The molecule has 3 heterocycles. The van der Waals surface area contributed by atoms with Crippen molar-refractivity contribution in [3.63, 3.8) is 0 Å². The number of ether oxygens (including phenoxy) is 1. The van der Waals surface area contributed by atoms with Gasteiger partial charge in [-0.05, 0) is 49.8 Å². The van der Waals surface area contributed by atoms with Gasteiger partial charge in [0, 0.05) is 30.4 Å². The summed E-state index contributed by atoms with van der Waals surface area (Å²) in [5.74, 6) is 0. The highest BCUT2D eigenvalue weighted by Crippen LogP contribution is 2.41. The molecule has 1 N–H and O–H groups in total. The predicted molar refractivity (Wildman–Crippen MR) is 102 cm³/mol. The highest BCUT2D eigenvalue weighted by molar-refractivity contribution is 5.69. The van der Waals surface area contributed by atoms with Gasteiger partial charge < -0.3 is 14.7 Å². The van der Waals surface area contributed by atoms with E-state index in [-0.39, 0.29) is 24.8 Å². The molecule has 142 valence electrons. The van der Waals surface area contributed by atoms with Crippen LogP contribution in [0.4, 0.5) is 4.79 Å². The van der Waals surface area contributed by atoms with Gasteiger partial charge in [0.15, 0.2) is 0 Å². The van der Waals surface area contributed by atoms with Crippen LogP contribution in [0.15, 0.2) is 54.7 Å². The first kappa shape index (κ1) is 18.0. The Morgan fingerprint density at radius 1 is 1.11 bits per heavy atom. The Hall–Kier alpha value is -2.40. The summed E-state index contributed by atoms with van der Waals surface area (Å²) in [5.41, 5.74) is 1.08. The van der Waals surface area contributed by atoms with Crippen LogP contribution in [0, 0.1) is 0 Å². The lowest BCUT2D eigenvalue weighted by atomic mass is 9.74. The number of pyridine rings is 1. The van der Waals surface area contributed by atoms with Gasteiger partial charge in [0.05, 0.1) is 5.60 Å². The third-order valence-corrected chi connectivity index (χ3v) is 5.74. The van der Waals surface area contributed by atoms with Crippen molar-refractivity contribution in [1.82, 2.24) is 9.88 Å². The van der Waals surface area contributed by atoms with E-state index in [1.54, 1.807) is 6.20 Å². The van der Waals surface area contributed by atoms with E-state index in [2.05, 4.69) is 4.98 Å². The van der Waals surface area contributed by atoms with Gasteiger partial charge in [0.2, 0.25) is 0 Å². The Labute approximate surface area is 160 Å². The molecule has 5 heteroatoms. The molecule has 2 aliphatic heterocycles. The Morgan fingerprint density at radius 2 is 1.81 bits per heavy atom. The molecule has 2 saturated heterocycles. The standard InChI is InChI=1S/C22H26N2O3/c25-21(27-16-17-7-2-1-3-8-17)24-19-10-6-11-20(24)15-22(26,14-19)13-18-9-4-5-12-23-18/h1-5,7-9,12,19-20,26H,6,10-11,13-16H2. The zero-order valence-corrected chi connectivity index (χ0v) is 15.5. The van der Waals surface area contributed by atoms with E-state index in [4.69, 9.17) is 4.74 Å². The second-order valence-corrected chi connectivity index (χ2v) is 7.82. The molecule has 2 bridgehead atoms. The highest BCUT2D eigenvalue weighted by atomic mass is 16.6. The maximum Gasteiger partial charge on any atom is 0.410 e. The summed E-state index contributed by atoms with van der Waals surface area (Å²) in [4.78, 5) is 19.0. The van der Waals surface area contributed by atoms with Crippen molar-refractivity contribution in [2.75, 3.05) is 0 Å². The lowest BCUT2D eigenvalue weighted by Crippen LogP contribution is -2.60. The number of nitrogens with zero attached hydrogens (tertiary/aromatic N) is 2. The number of hydrogen-bond donors (Lipinski definition) is 1. The van der Waals surface area contributed by atoms with Gasteiger partial charge in [0.25, 0.3) is 0 Å². The zero-order chi connectivity index (χ0) is 18.7. The van der Waals surface area contributed by atoms with Crippen LogP contribution in [0.2, 0.25) is 0 Å². The molecule has 27 heavy (non-hydrogen) atoms. The number of fused-ring (bicyclic) bond motifs is 2. The van der Waals surface area contributed by atoms with Crippen LogP contribution in [0.25, 0.3) is 0 Å². The second-order valence-electron chi connectivity index (χ2n) is 7.82. The van der Waals surface area contributed by atoms with Crippen LogP contribution >= 0.6 is 0 Å². The fourth-order valence-corrected chi connectivity index (χ4v) is 4.60. The second kappa shape index (κ2) is 7.69. The first-order chi connectivity index (χ1) is 13.1. The van der Waals surface area contributed by atoms with Gasteiger partial charge in [-0.15, -0.1) is 0 Å². The smallest absolute Gasteiger partial charge is 0.410 e. The summed E-state index contributed by atoms with van der Waals surface area (Å²) >= 11 is 0. The third-order valence-electron chi connectivity index (χ3n) is 5.74. The Kier molecular flexibility index (Phi) is 5.12. The summed E-state index contributed by atoms with van der Waals surface area (Å²) < 4.78 is 5.58. The average Bonchev–Trinajstić information content (AvgIpc) is 2.67. The molecule has 1 aromatic carbocycles. The normalized spacial score (nSPS) is 27.2. The molecular weight excluding hydrogens is 340 g/mol. The molecule has 2 aromatic rings. The Bertz CT molecular complexity index is 752. The topological polar surface area (TPSA) is 62.7 Å². The first-order valence-corrected chi connectivity index (χ1v) is 9.74. The molecule has 5 nitrogen and oxygen atoms in total. The number of benzene rings is 1. The summed E-state index contributed by atoms with van der Waals surface area (Å²) in [6.45, 7) is 0.286. The number of carbonyl (C=O) groups is 1. The lowest BCUT2D eigenvalue weighted by molar-refractivity contribution is -0.0849. The third kappa shape index (κ3) is 4.14. The van der Waals surface area contributed by atoms with E-state index in [0.717, 1.165) is 30.5 Å². The maximum absolute atomic E-state index is 12.8. The van der Waals surface area contributed by atoms with Crippen LogP contribution in [0.5, 0.6) is 0 Å². The molecule has 2 atom stereocenters. The number of amides is 1. The van der Waals surface area contributed by atoms with Crippen molar-refractivity contribution in [2.24, 2.45) is 0 Å². The Balaban J connectivity index is 1.43. The fraction of sp³-hybridized carbons (Fsp3) is 0.455. The van der Waals surface area contributed by atoms with E-state index in [1.807, 2.05) is 53.4 Å². The molecule has 0 aliphatic carbocycles. The molecule has 0 spiro atoms. The van der Waals surface area contributed by atoms with E-state index >= 15 is 0 Å². The number of aromatic nitrogens is 1. The van der Waals surface area contributed by atoms with Crippen LogP contribution < -0.4 is 0 Å². The monoisotopic (exact) mass is 366 g/mol. The summed E-state index contributed by atoms with van der Waals surface area (Å²) in [5, 5.41) is 11.2. The summed E-state index contributed by atoms with van der Waals surface area (Å²) in [7, 11) is 0. The quantitative estimate of drug-likeness (QED) is 0.896. The number of aliphatic hydroxyl groups is 1. The van der Waals surface area contributed by atoms with Crippen LogP contribution in [-0.2, 0) is 17.8 Å². The summed E-state index contributed by atoms with van der Waals surface area (Å²) in [6.07, 6.45) is 6.14. The van der Waals surface area contributed by atoms with Crippen LogP contribution in [0.1, 0.15) is 43.4 Å². The fourth-order valence-electron chi connectivity index (χ4n) is 4.60. The van der Waals surface area contributed by atoms with E-state index in [0.29, 0.717) is 19.3 Å². The van der Waals surface area contributed by atoms with Crippen molar-refractivity contribution >= 4 is 6.09 Å². The molecule has 1 aromatic heterocycles. The first-order valence-electron chi connectivity index (χ1n) is 9.74. The lowest BCUT2D eigenvalue weighted by Gasteiger charge is -2.51. The van der Waals surface area contributed by atoms with Crippen LogP contribution in [-0.4, -0.2) is 38.8 Å².